The summed E-state index contributed by atoms with van der Waals surface area (Å²) in [6.45, 7) is 0. The highest BCUT2D eigenvalue weighted by molar-refractivity contribution is 7.18. The molecule has 0 amide bonds. The molecule has 1 fully saturated rings. The topological polar surface area (TPSA) is 50.2 Å². The van der Waals surface area contributed by atoms with Crippen molar-refractivity contribution in [2.45, 2.75) is 18.3 Å². The molecule has 2 aromatic carbocycles. The SMILES string of the molecule is O=C(O)c1ccc2nc(C3CC3c3ccccc3)sc2c1. The normalized spacial score (nSPS) is 20.6. The first-order chi connectivity index (χ1) is 10.2. The van der Waals surface area contributed by atoms with E-state index in [1.165, 1.54) is 5.56 Å². The van der Waals surface area contributed by atoms with E-state index in [1.54, 1.807) is 29.5 Å². The third kappa shape index (κ3) is 2.21. The minimum Gasteiger partial charge on any atom is -0.478 e. The van der Waals surface area contributed by atoms with Crippen molar-refractivity contribution in [2.24, 2.45) is 0 Å². The molecule has 1 heterocycles. The first-order valence-corrected chi connectivity index (χ1v) is 7.73. The zero-order chi connectivity index (χ0) is 14.4. The maximum absolute atomic E-state index is 11.0. The van der Waals surface area contributed by atoms with E-state index in [-0.39, 0.29) is 0 Å². The van der Waals surface area contributed by atoms with Crippen molar-refractivity contribution in [2.75, 3.05) is 0 Å². The second kappa shape index (κ2) is 4.67. The van der Waals surface area contributed by atoms with Gasteiger partial charge in [0.2, 0.25) is 0 Å². The minimum absolute atomic E-state index is 0.327. The Morgan fingerprint density at radius 3 is 2.71 bits per heavy atom. The molecular weight excluding hydrogens is 282 g/mol. The van der Waals surface area contributed by atoms with Gasteiger partial charge in [0.05, 0.1) is 20.8 Å². The van der Waals surface area contributed by atoms with E-state index in [1.807, 2.05) is 6.07 Å². The van der Waals surface area contributed by atoms with Crippen molar-refractivity contribution in [1.82, 2.24) is 4.98 Å². The van der Waals surface area contributed by atoms with Gasteiger partial charge in [0.1, 0.15) is 0 Å². The highest BCUT2D eigenvalue weighted by Crippen LogP contribution is 2.55. The summed E-state index contributed by atoms with van der Waals surface area (Å²) in [7, 11) is 0. The van der Waals surface area contributed by atoms with Gasteiger partial charge in [-0.15, -0.1) is 11.3 Å². The van der Waals surface area contributed by atoms with E-state index >= 15 is 0 Å². The summed E-state index contributed by atoms with van der Waals surface area (Å²) in [5, 5.41) is 10.2. The fraction of sp³-hybridized carbons (Fsp3) is 0.176. The zero-order valence-corrected chi connectivity index (χ0v) is 12.0. The first-order valence-electron chi connectivity index (χ1n) is 6.91. The van der Waals surface area contributed by atoms with E-state index in [4.69, 9.17) is 5.11 Å². The van der Waals surface area contributed by atoms with Crippen molar-refractivity contribution in [3.8, 4) is 0 Å². The molecule has 0 radical (unpaired) electrons. The lowest BCUT2D eigenvalue weighted by molar-refractivity contribution is 0.0697. The molecule has 4 heteroatoms. The predicted molar refractivity (Wildman–Crippen MR) is 83.1 cm³/mol. The summed E-state index contributed by atoms with van der Waals surface area (Å²) < 4.78 is 0.962. The van der Waals surface area contributed by atoms with Gasteiger partial charge in [-0.3, -0.25) is 0 Å². The van der Waals surface area contributed by atoms with Crippen LogP contribution in [0.3, 0.4) is 0 Å². The quantitative estimate of drug-likeness (QED) is 0.785. The van der Waals surface area contributed by atoms with Gasteiger partial charge in [-0.25, -0.2) is 9.78 Å². The molecule has 1 aliphatic rings. The van der Waals surface area contributed by atoms with Crippen LogP contribution in [0.15, 0.2) is 48.5 Å². The van der Waals surface area contributed by atoms with Crippen LogP contribution in [0.4, 0.5) is 0 Å². The van der Waals surface area contributed by atoms with Crippen LogP contribution in [0.2, 0.25) is 0 Å². The monoisotopic (exact) mass is 295 g/mol. The molecule has 1 saturated carbocycles. The summed E-state index contributed by atoms with van der Waals surface area (Å²) in [5.41, 5.74) is 2.60. The Balaban J connectivity index is 1.65. The molecule has 0 saturated heterocycles. The molecule has 3 nitrogen and oxygen atoms in total. The molecule has 0 aliphatic heterocycles. The number of carboxylic acid groups (broad SMARTS) is 1. The lowest BCUT2D eigenvalue weighted by atomic mass is 10.1. The Kier molecular flexibility index (Phi) is 2.79. The van der Waals surface area contributed by atoms with Crippen LogP contribution in [0.5, 0.6) is 0 Å². The Morgan fingerprint density at radius 2 is 1.95 bits per heavy atom. The van der Waals surface area contributed by atoms with Crippen LogP contribution in [-0.2, 0) is 0 Å². The summed E-state index contributed by atoms with van der Waals surface area (Å²) in [4.78, 5) is 15.7. The first kappa shape index (κ1) is 12.5. The molecule has 21 heavy (non-hydrogen) atoms. The van der Waals surface area contributed by atoms with Crippen LogP contribution >= 0.6 is 11.3 Å². The number of nitrogens with zero attached hydrogens (tertiary/aromatic N) is 1. The minimum atomic E-state index is -0.888. The van der Waals surface area contributed by atoms with Crippen molar-refractivity contribution in [3.05, 3.63) is 64.7 Å². The van der Waals surface area contributed by atoms with Crippen LogP contribution in [-0.4, -0.2) is 16.1 Å². The highest BCUT2D eigenvalue weighted by Gasteiger charge is 2.41. The van der Waals surface area contributed by atoms with Crippen LogP contribution in [0.1, 0.15) is 39.2 Å². The third-order valence-electron chi connectivity index (χ3n) is 3.99. The van der Waals surface area contributed by atoms with Gasteiger partial charge in [-0.2, -0.15) is 0 Å². The van der Waals surface area contributed by atoms with Gasteiger partial charge in [-0.05, 0) is 36.1 Å². The summed E-state index contributed by atoms with van der Waals surface area (Å²) in [6, 6.07) is 15.7. The number of thiazole rings is 1. The summed E-state index contributed by atoms with van der Waals surface area (Å²) in [6.07, 6.45) is 1.13. The zero-order valence-electron chi connectivity index (χ0n) is 11.2. The Labute approximate surface area is 125 Å². The van der Waals surface area contributed by atoms with Crippen molar-refractivity contribution in [3.63, 3.8) is 0 Å². The number of benzene rings is 2. The molecule has 3 aromatic rings. The van der Waals surface area contributed by atoms with Crippen molar-refractivity contribution in [1.29, 1.82) is 0 Å². The molecule has 1 N–H and O–H groups in total. The maximum atomic E-state index is 11.0. The number of carbonyl (C=O) groups is 1. The smallest absolute Gasteiger partial charge is 0.335 e. The number of aromatic nitrogens is 1. The molecule has 2 unspecified atom stereocenters. The van der Waals surface area contributed by atoms with E-state index in [2.05, 4.69) is 29.2 Å². The maximum Gasteiger partial charge on any atom is 0.335 e. The summed E-state index contributed by atoms with van der Waals surface area (Å²) in [5.74, 6) is 0.157. The van der Waals surface area contributed by atoms with Gasteiger partial charge >= 0.3 is 5.97 Å². The van der Waals surface area contributed by atoms with Gasteiger partial charge in [0.25, 0.3) is 0 Å². The van der Waals surface area contributed by atoms with Gasteiger partial charge in [-0.1, -0.05) is 30.3 Å². The van der Waals surface area contributed by atoms with E-state index in [9.17, 15) is 4.79 Å². The van der Waals surface area contributed by atoms with Gasteiger partial charge in [0.15, 0.2) is 0 Å². The standard InChI is InChI=1S/C17H13NO2S/c19-17(20)11-6-7-14-15(8-11)21-16(18-14)13-9-12(13)10-4-2-1-3-5-10/h1-8,12-13H,9H2,(H,19,20). The van der Waals surface area contributed by atoms with Gasteiger partial charge in [0, 0.05) is 5.92 Å². The lowest BCUT2D eigenvalue weighted by Crippen LogP contribution is -1.94. The Morgan fingerprint density at radius 1 is 1.14 bits per heavy atom. The average Bonchev–Trinajstić information content (AvgIpc) is 3.19. The van der Waals surface area contributed by atoms with E-state index in [0.717, 1.165) is 21.6 Å². The van der Waals surface area contributed by atoms with E-state index < -0.39 is 5.97 Å². The Hall–Kier alpha value is -2.20. The molecule has 1 aromatic heterocycles. The molecule has 0 spiro atoms. The number of hydrogen-bond acceptors (Lipinski definition) is 3. The molecule has 4 rings (SSSR count). The fourth-order valence-electron chi connectivity index (χ4n) is 2.77. The number of rotatable bonds is 3. The molecular formula is C17H13NO2S. The molecule has 2 atom stereocenters. The average molecular weight is 295 g/mol. The summed E-state index contributed by atoms with van der Waals surface area (Å²) >= 11 is 1.62. The van der Waals surface area contributed by atoms with Crippen molar-refractivity contribution < 1.29 is 9.90 Å². The largest absolute Gasteiger partial charge is 0.478 e. The van der Waals surface area contributed by atoms with E-state index in [0.29, 0.717) is 17.4 Å². The second-order valence-corrected chi connectivity index (χ2v) is 6.46. The molecule has 1 aliphatic carbocycles. The van der Waals surface area contributed by atoms with Crippen LogP contribution in [0.25, 0.3) is 10.2 Å². The third-order valence-corrected chi connectivity index (χ3v) is 5.14. The number of carboxylic acids is 1. The second-order valence-electron chi connectivity index (χ2n) is 5.40. The number of aromatic carboxylic acids is 1. The molecule has 0 bridgehead atoms. The lowest BCUT2D eigenvalue weighted by Gasteiger charge is -1.97. The Bertz CT molecular complexity index is 825. The number of hydrogen-bond donors (Lipinski definition) is 1. The predicted octanol–water partition coefficient (Wildman–Crippen LogP) is 4.27. The van der Waals surface area contributed by atoms with Crippen LogP contribution in [0, 0.1) is 0 Å². The van der Waals surface area contributed by atoms with Gasteiger partial charge < -0.3 is 5.11 Å². The highest BCUT2D eigenvalue weighted by atomic mass is 32.1. The van der Waals surface area contributed by atoms with Crippen LogP contribution < -0.4 is 0 Å². The fourth-order valence-corrected chi connectivity index (χ4v) is 3.96. The van der Waals surface area contributed by atoms with Crippen molar-refractivity contribution >= 4 is 27.5 Å². The number of fused-ring (bicyclic) bond motifs is 1. The molecule has 104 valence electrons.